The van der Waals surface area contributed by atoms with Gasteiger partial charge in [0.25, 0.3) is 0 Å². The number of aliphatic hydroxyl groups excluding tert-OH is 1. The van der Waals surface area contributed by atoms with Crippen LogP contribution >= 0.6 is 0 Å². The molecule has 0 aliphatic heterocycles. The maximum Gasteiger partial charge on any atom is 0.223 e. The molecule has 0 atom stereocenters. The van der Waals surface area contributed by atoms with Gasteiger partial charge in [0.1, 0.15) is 5.82 Å². The molecule has 0 saturated heterocycles. The predicted molar refractivity (Wildman–Crippen MR) is 90.2 cm³/mol. The number of hydrogen-bond acceptors (Lipinski definition) is 3. The van der Waals surface area contributed by atoms with Gasteiger partial charge >= 0.3 is 0 Å². The van der Waals surface area contributed by atoms with E-state index in [4.69, 9.17) is 0 Å². The molecule has 3 rings (SSSR count). The van der Waals surface area contributed by atoms with E-state index in [-0.39, 0.29) is 17.9 Å². The molecule has 3 N–H and O–H groups in total. The molecule has 1 aliphatic carbocycles. The number of carbonyl (C=O) groups excluding carboxylic acids is 1. The van der Waals surface area contributed by atoms with Gasteiger partial charge in [0.05, 0.1) is 17.1 Å². The number of nitrogens with zero attached hydrogens (tertiary/aromatic N) is 1. The van der Waals surface area contributed by atoms with Gasteiger partial charge in [-0.3, -0.25) is 4.79 Å². The van der Waals surface area contributed by atoms with Crippen LogP contribution < -0.4 is 5.32 Å². The molecule has 5 nitrogen and oxygen atoms in total. The zero-order chi connectivity index (χ0) is 16.4. The SMILES string of the molecule is Cc1ccc2[nH]c(CCNC(=O)C3CCC(O)CC3)nc2c1C. The van der Waals surface area contributed by atoms with Crippen molar-refractivity contribution >= 4 is 16.9 Å². The van der Waals surface area contributed by atoms with Gasteiger partial charge in [-0.25, -0.2) is 4.98 Å². The van der Waals surface area contributed by atoms with E-state index >= 15 is 0 Å². The summed E-state index contributed by atoms with van der Waals surface area (Å²) in [5, 5.41) is 12.5. The summed E-state index contributed by atoms with van der Waals surface area (Å²) in [6.45, 7) is 4.77. The Bertz CT molecular complexity index is 700. The molecule has 1 aromatic carbocycles. The van der Waals surface area contributed by atoms with E-state index in [0.29, 0.717) is 13.0 Å². The first-order chi connectivity index (χ1) is 11.0. The smallest absolute Gasteiger partial charge is 0.223 e. The average molecular weight is 315 g/mol. The van der Waals surface area contributed by atoms with E-state index in [9.17, 15) is 9.90 Å². The molecule has 2 aromatic rings. The summed E-state index contributed by atoms with van der Waals surface area (Å²) in [5.41, 5.74) is 4.52. The Balaban J connectivity index is 1.54. The number of imidazole rings is 1. The molecule has 0 spiro atoms. The minimum absolute atomic E-state index is 0.0546. The quantitative estimate of drug-likeness (QED) is 0.810. The third-order valence-electron chi connectivity index (χ3n) is 4.96. The van der Waals surface area contributed by atoms with E-state index in [0.717, 1.165) is 42.5 Å². The van der Waals surface area contributed by atoms with Crippen molar-refractivity contribution in [1.82, 2.24) is 15.3 Å². The molecule has 1 fully saturated rings. The molecule has 1 saturated carbocycles. The van der Waals surface area contributed by atoms with Crippen molar-refractivity contribution in [1.29, 1.82) is 0 Å². The van der Waals surface area contributed by atoms with Crippen LogP contribution in [0.15, 0.2) is 12.1 Å². The number of aliphatic hydroxyl groups is 1. The van der Waals surface area contributed by atoms with Crippen molar-refractivity contribution < 1.29 is 9.90 Å². The summed E-state index contributed by atoms with van der Waals surface area (Å²) in [7, 11) is 0. The maximum atomic E-state index is 12.1. The zero-order valence-electron chi connectivity index (χ0n) is 13.9. The number of amides is 1. The predicted octanol–water partition coefficient (Wildman–Crippen LogP) is 2.39. The maximum absolute atomic E-state index is 12.1. The molecule has 1 amide bonds. The molecule has 124 valence electrons. The summed E-state index contributed by atoms with van der Waals surface area (Å²) in [4.78, 5) is 20.1. The molecule has 23 heavy (non-hydrogen) atoms. The normalized spacial score (nSPS) is 21.5. The standard InChI is InChI=1S/C18H25N3O2/c1-11-3-8-15-17(12(11)2)21-16(20-15)9-10-19-18(23)13-4-6-14(22)7-5-13/h3,8,13-14,22H,4-7,9-10H2,1-2H3,(H,19,23)(H,20,21). The van der Waals surface area contributed by atoms with E-state index in [1.54, 1.807) is 0 Å². The van der Waals surface area contributed by atoms with Crippen molar-refractivity contribution in [2.24, 2.45) is 5.92 Å². The van der Waals surface area contributed by atoms with Gasteiger partial charge in [0, 0.05) is 18.9 Å². The molecule has 1 heterocycles. The fourth-order valence-electron chi connectivity index (χ4n) is 3.27. The second kappa shape index (κ2) is 6.71. The van der Waals surface area contributed by atoms with Crippen LogP contribution in [0.25, 0.3) is 11.0 Å². The highest BCUT2D eigenvalue weighted by atomic mass is 16.3. The monoisotopic (exact) mass is 315 g/mol. The Morgan fingerprint density at radius 3 is 2.78 bits per heavy atom. The van der Waals surface area contributed by atoms with Crippen molar-refractivity contribution in [2.45, 2.75) is 52.1 Å². The van der Waals surface area contributed by atoms with Crippen LogP contribution in [0.3, 0.4) is 0 Å². The molecule has 0 radical (unpaired) electrons. The zero-order valence-corrected chi connectivity index (χ0v) is 13.9. The first kappa shape index (κ1) is 16.0. The summed E-state index contributed by atoms with van der Waals surface area (Å²) < 4.78 is 0. The van der Waals surface area contributed by atoms with Crippen molar-refractivity contribution in [2.75, 3.05) is 6.54 Å². The van der Waals surface area contributed by atoms with Gasteiger partial charge in [-0.05, 0) is 56.7 Å². The van der Waals surface area contributed by atoms with Gasteiger partial charge in [0.15, 0.2) is 0 Å². The summed E-state index contributed by atoms with van der Waals surface area (Å²) in [6.07, 6.45) is 3.53. The Labute approximate surface area is 136 Å². The second-order valence-corrected chi connectivity index (χ2v) is 6.63. The van der Waals surface area contributed by atoms with Gasteiger partial charge < -0.3 is 15.4 Å². The Kier molecular flexibility index (Phi) is 4.66. The van der Waals surface area contributed by atoms with Crippen LogP contribution in [-0.4, -0.2) is 33.6 Å². The van der Waals surface area contributed by atoms with Gasteiger partial charge in [-0.1, -0.05) is 6.07 Å². The lowest BCUT2D eigenvalue weighted by molar-refractivity contribution is -0.126. The number of nitrogens with one attached hydrogen (secondary N) is 2. The molecule has 0 unspecified atom stereocenters. The summed E-state index contributed by atoms with van der Waals surface area (Å²) in [5.74, 6) is 1.08. The first-order valence-electron chi connectivity index (χ1n) is 8.45. The lowest BCUT2D eigenvalue weighted by Crippen LogP contribution is -2.35. The van der Waals surface area contributed by atoms with Gasteiger partial charge in [-0.2, -0.15) is 0 Å². The lowest BCUT2D eigenvalue weighted by atomic mass is 9.87. The van der Waals surface area contributed by atoms with E-state index in [2.05, 4.69) is 41.3 Å². The average Bonchev–Trinajstić information content (AvgIpc) is 2.95. The van der Waals surface area contributed by atoms with Crippen LogP contribution in [0.4, 0.5) is 0 Å². The van der Waals surface area contributed by atoms with Crippen LogP contribution in [0.2, 0.25) is 0 Å². The first-order valence-corrected chi connectivity index (χ1v) is 8.45. The number of fused-ring (bicyclic) bond motifs is 1. The van der Waals surface area contributed by atoms with Crippen LogP contribution in [0, 0.1) is 19.8 Å². The Morgan fingerprint density at radius 2 is 2.04 bits per heavy atom. The Hall–Kier alpha value is -1.88. The summed E-state index contributed by atoms with van der Waals surface area (Å²) >= 11 is 0. The second-order valence-electron chi connectivity index (χ2n) is 6.63. The number of rotatable bonds is 4. The molecule has 1 aliphatic rings. The van der Waals surface area contributed by atoms with E-state index in [1.165, 1.54) is 11.1 Å². The number of hydrogen-bond donors (Lipinski definition) is 3. The third kappa shape index (κ3) is 3.55. The molecule has 1 aromatic heterocycles. The highest BCUT2D eigenvalue weighted by Gasteiger charge is 2.24. The van der Waals surface area contributed by atoms with E-state index < -0.39 is 0 Å². The topological polar surface area (TPSA) is 78.0 Å². The number of carbonyl (C=O) groups is 1. The highest BCUT2D eigenvalue weighted by molar-refractivity contribution is 5.80. The fraction of sp³-hybridized carbons (Fsp3) is 0.556. The third-order valence-corrected chi connectivity index (χ3v) is 4.96. The number of aromatic amines is 1. The van der Waals surface area contributed by atoms with Gasteiger partial charge in [0.2, 0.25) is 5.91 Å². The summed E-state index contributed by atoms with van der Waals surface area (Å²) in [6, 6.07) is 4.15. The molecular formula is C18H25N3O2. The number of benzene rings is 1. The lowest BCUT2D eigenvalue weighted by Gasteiger charge is -2.24. The Morgan fingerprint density at radius 1 is 1.30 bits per heavy atom. The number of aryl methyl sites for hydroxylation is 2. The van der Waals surface area contributed by atoms with Gasteiger partial charge in [-0.15, -0.1) is 0 Å². The molecular weight excluding hydrogens is 290 g/mol. The van der Waals surface area contributed by atoms with Crippen molar-refractivity contribution in [3.63, 3.8) is 0 Å². The molecule has 0 bridgehead atoms. The number of aromatic nitrogens is 2. The van der Waals surface area contributed by atoms with Crippen LogP contribution in [0.5, 0.6) is 0 Å². The fourth-order valence-corrected chi connectivity index (χ4v) is 3.27. The van der Waals surface area contributed by atoms with Crippen molar-refractivity contribution in [3.05, 3.63) is 29.1 Å². The minimum atomic E-state index is -0.221. The number of H-pyrrole nitrogens is 1. The van der Waals surface area contributed by atoms with Crippen molar-refractivity contribution in [3.8, 4) is 0 Å². The van der Waals surface area contributed by atoms with Crippen LogP contribution in [0.1, 0.15) is 42.6 Å². The largest absolute Gasteiger partial charge is 0.393 e. The van der Waals surface area contributed by atoms with E-state index in [1.807, 2.05) is 0 Å². The molecule has 5 heteroatoms. The minimum Gasteiger partial charge on any atom is -0.393 e. The highest BCUT2D eigenvalue weighted by Crippen LogP contribution is 2.24. The van der Waals surface area contributed by atoms with Crippen LogP contribution in [-0.2, 0) is 11.2 Å².